The SMILES string of the molecule is Cc1cc(C(=O)NCc2ccc(OCC(F)(F)F)cc2)ccn1. The van der Waals surface area contributed by atoms with Crippen LogP contribution in [-0.4, -0.2) is 23.7 Å². The fourth-order valence-electron chi connectivity index (χ4n) is 1.84. The summed E-state index contributed by atoms with van der Waals surface area (Å²) in [4.78, 5) is 16.0. The zero-order valence-corrected chi connectivity index (χ0v) is 12.4. The Morgan fingerprint density at radius 3 is 2.52 bits per heavy atom. The minimum absolute atomic E-state index is 0.127. The number of nitrogens with zero attached hydrogens (tertiary/aromatic N) is 1. The Hall–Kier alpha value is -2.57. The normalized spacial score (nSPS) is 11.1. The van der Waals surface area contributed by atoms with E-state index >= 15 is 0 Å². The van der Waals surface area contributed by atoms with E-state index in [4.69, 9.17) is 0 Å². The number of hydrogen-bond acceptors (Lipinski definition) is 3. The van der Waals surface area contributed by atoms with Crippen molar-refractivity contribution in [3.05, 3.63) is 59.4 Å². The number of benzene rings is 1. The lowest BCUT2D eigenvalue weighted by Gasteiger charge is -2.10. The van der Waals surface area contributed by atoms with Crippen molar-refractivity contribution in [2.45, 2.75) is 19.6 Å². The van der Waals surface area contributed by atoms with Gasteiger partial charge in [-0.3, -0.25) is 9.78 Å². The number of amides is 1. The van der Waals surface area contributed by atoms with Gasteiger partial charge in [0, 0.05) is 24.0 Å². The van der Waals surface area contributed by atoms with Crippen LogP contribution in [0.25, 0.3) is 0 Å². The third-order valence-electron chi connectivity index (χ3n) is 2.94. The number of hydrogen-bond donors (Lipinski definition) is 1. The molecule has 0 radical (unpaired) electrons. The molecule has 0 atom stereocenters. The first-order valence-corrected chi connectivity index (χ1v) is 6.83. The number of nitrogens with one attached hydrogen (secondary N) is 1. The number of halogens is 3. The van der Waals surface area contributed by atoms with Gasteiger partial charge in [-0.15, -0.1) is 0 Å². The molecule has 2 aromatic rings. The molecule has 122 valence electrons. The van der Waals surface area contributed by atoms with Crippen LogP contribution >= 0.6 is 0 Å². The highest BCUT2D eigenvalue weighted by atomic mass is 19.4. The quantitative estimate of drug-likeness (QED) is 0.918. The zero-order valence-electron chi connectivity index (χ0n) is 12.4. The van der Waals surface area contributed by atoms with Crippen LogP contribution in [0.2, 0.25) is 0 Å². The number of aryl methyl sites for hydroxylation is 1. The molecule has 7 heteroatoms. The third kappa shape index (κ3) is 5.61. The van der Waals surface area contributed by atoms with Gasteiger partial charge < -0.3 is 10.1 Å². The second kappa shape index (κ2) is 7.13. The minimum atomic E-state index is -4.37. The van der Waals surface area contributed by atoms with E-state index in [1.165, 1.54) is 12.1 Å². The predicted molar refractivity (Wildman–Crippen MR) is 78.1 cm³/mol. The highest BCUT2D eigenvalue weighted by Gasteiger charge is 2.28. The Labute approximate surface area is 131 Å². The first-order chi connectivity index (χ1) is 10.8. The molecule has 0 aliphatic carbocycles. The summed E-state index contributed by atoms with van der Waals surface area (Å²) in [6.45, 7) is 0.723. The number of aromatic nitrogens is 1. The maximum atomic E-state index is 12.0. The van der Waals surface area contributed by atoms with Gasteiger partial charge >= 0.3 is 6.18 Å². The van der Waals surface area contributed by atoms with Crippen LogP contribution in [0.15, 0.2) is 42.6 Å². The topological polar surface area (TPSA) is 51.2 Å². The summed E-state index contributed by atoms with van der Waals surface area (Å²) in [5.41, 5.74) is 2.00. The Kier molecular flexibility index (Phi) is 5.20. The summed E-state index contributed by atoms with van der Waals surface area (Å²) < 4.78 is 40.7. The van der Waals surface area contributed by atoms with Gasteiger partial charge in [-0.25, -0.2) is 0 Å². The second-order valence-corrected chi connectivity index (χ2v) is 4.92. The molecule has 0 bridgehead atoms. The van der Waals surface area contributed by atoms with Crippen molar-refractivity contribution in [1.82, 2.24) is 10.3 Å². The monoisotopic (exact) mass is 324 g/mol. The molecule has 2 rings (SSSR count). The lowest BCUT2D eigenvalue weighted by atomic mass is 10.2. The van der Waals surface area contributed by atoms with Gasteiger partial charge in [0.05, 0.1) is 0 Å². The standard InChI is InChI=1S/C16H15F3N2O2/c1-11-8-13(6-7-20-11)15(22)21-9-12-2-4-14(5-3-12)23-10-16(17,18)19/h2-8H,9-10H2,1H3,(H,21,22). The Morgan fingerprint density at radius 1 is 1.22 bits per heavy atom. The summed E-state index contributed by atoms with van der Waals surface area (Å²) in [5.74, 6) is -0.116. The van der Waals surface area contributed by atoms with Gasteiger partial charge in [0.15, 0.2) is 6.61 Å². The largest absolute Gasteiger partial charge is 0.484 e. The van der Waals surface area contributed by atoms with E-state index in [1.54, 1.807) is 37.4 Å². The van der Waals surface area contributed by atoms with Crippen LogP contribution in [0.5, 0.6) is 5.75 Å². The lowest BCUT2D eigenvalue weighted by molar-refractivity contribution is -0.153. The highest BCUT2D eigenvalue weighted by molar-refractivity contribution is 5.94. The molecule has 1 aromatic carbocycles. The summed E-state index contributed by atoms with van der Waals surface area (Å²) in [7, 11) is 0. The fraction of sp³-hybridized carbons (Fsp3) is 0.250. The lowest BCUT2D eigenvalue weighted by Crippen LogP contribution is -2.23. The average Bonchev–Trinajstić information content (AvgIpc) is 2.51. The third-order valence-corrected chi connectivity index (χ3v) is 2.94. The predicted octanol–water partition coefficient (Wildman–Crippen LogP) is 3.26. The Morgan fingerprint density at radius 2 is 1.91 bits per heavy atom. The van der Waals surface area contributed by atoms with Gasteiger partial charge in [0.1, 0.15) is 5.75 Å². The molecule has 4 nitrogen and oxygen atoms in total. The molecule has 0 aliphatic rings. The number of rotatable bonds is 5. The van der Waals surface area contributed by atoms with Crippen LogP contribution in [-0.2, 0) is 6.54 Å². The average molecular weight is 324 g/mol. The minimum Gasteiger partial charge on any atom is -0.484 e. The summed E-state index contributed by atoms with van der Waals surface area (Å²) >= 11 is 0. The van der Waals surface area contributed by atoms with Crippen LogP contribution < -0.4 is 10.1 Å². The molecule has 0 saturated carbocycles. The van der Waals surface area contributed by atoms with Crippen molar-refractivity contribution in [3.63, 3.8) is 0 Å². The van der Waals surface area contributed by atoms with Crippen molar-refractivity contribution in [3.8, 4) is 5.75 Å². The molecular weight excluding hydrogens is 309 g/mol. The van der Waals surface area contributed by atoms with Crippen molar-refractivity contribution in [2.75, 3.05) is 6.61 Å². The number of carbonyl (C=O) groups is 1. The van der Waals surface area contributed by atoms with E-state index in [0.29, 0.717) is 5.56 Å². The first-order valence-electron chi connectivity index (χ1n) is 6.83. The molecule has 23 heavy (non-hydrogen) atoms. The molecule has 1 aromatic heterocycles. The number of carbonyl (C=O) groups excluding carboxylic acids is 1. The maximum Gasteiger partial charge on any atom is 0.422 e. The van der Waals surface area contributed by atoms with Gasteiger partial charge in [0.25, 0.3) is 5.91 Å². The van der Waals surface area contributed by atoms with Crippen LogP contribution in [0, 0.1) is 6.92 Å². The Balaban J connectivity index is 1.87. The first kappa shape index (κ1) is 16.8. The number of alkyl halides is 3. The van der Waals surface area contributed by atoms with Gasteiger partial charge in [0.2, 0.25) is 0 Å². The van der Waals surface area contributed by atoms with E-state index in [2.05, 4.69) is 15.0 Å². The van der Waals surface area contributed by atoms with Crippen molar-refractivity contribution in [1.29, 1.82) is 0 Å². The van der Waals surface area contributed by atoms with Crippen LogP contribution in [0.4, 0.5) is 13.2 Å². The van der Waals surface area contributed by atoms with E-state index in [-0.39, 0.29) is 18.2 Å². The van der Waals surface area contributed by atoms with Crippen molar-refractivity contribution in [2.24, 2.45) is 0 Å². The van der Waals surface area contributed by atoms with Gasteiger partial charge in [-0.1, -0.05) is 12.1 Å². The molecule has 0 unspecified atom stereocenters. The molecule has 1 heterocycles. The number of pyridine rings is 1. The summed E-state index contributed by atoms with van der Waals surface area (Å²) in [5, 5.41) is 2.73. The smallest absolute Gasteiger partial charge is 0.422 e. The van der Waals surface area contributed by atoms with Crippen molar-refractivity contribution >= 4 is 5.91 Å². The van der Waals surface area contributed by atoms with Crippen LogP contribution in [0.1, 0.15) is 21.6 Å². The van der Waals surface area contributed by atoms with Gasteiger partial charge in [-0.2, -0.15) is 13.2 Å². The van der Waals surface area contributed by atoms with Gasteiger partial charge in [-0.05, 0) is 36.8 Å². The molecule has 0 fully saturated rings. The molecule has 1 amide bonds. The molecule has 0 spiro atoms. The molecule has 1 N–H and O–H groups in total. The zero-order chi connectivity index (χ0) is 16.9. The summed E-state index contributed by atoms with van der Waals surface area (Å²) in [6.07, 6.45) is -2.81. The summed E-state index contributed by atoms with van der Waals surface area (Å²) in [6, 6.07) is 9.35. The highest BCUT2D eigenvalue weighted by Crippen LogP contribution is 2.18. The molecule has 0 aliphatic heterocycles. The van der Waals surface area contributed by atoms with E-state index < -0.39 is 12.8 Å². The molecular formula is C16H15F3N2O2. The van der Waals surface area contributed by atoms with Crippen molar-refractivity contribution < 1.29 is 22.7 Å². The fourth-order valence-corrected chi connectivity index (χ4v) is 1.84. The van der Waals surface area contributed by atoms with E-state index in [1.807, 2.05) is 0 Å². The van der Waals surface area contributed by atoms with E-state index in [9.17, 15) is 18.0 Å². The maximum absolute atomic E-state index is 12.0. The van der Waals surface area contributed by atoms with E-state index in [0.717, 1.165) is 11.3 Å². The Bertz CT molecular complexity index is 670. The number of ether oxygens (including phenoxy) is 1. The van der Waals surface area contributed by atoms with Crippen LogP contribution in [0.3, 0.4) is 0 Å². The molecule has 0 saturated heterocycles. The second-order valence-electron chi connectivity index (χ2n) is 4.92.